The molecule has 282 valence electrons. The van der Waals surface area contributed by atoms with Gasteiger partial charge in [0.05, 0.1) is 11.4 Å². The molecule has 0 fully saturated rings. The molecule has 60 heavy (non-hydrogen) atoms. The van der Waals surface area contributed by atoms with Crippen molar-refractivity contribution in [3.05, 3.63) is 205 Å². The first kappa shape index (κ1) is 34.4. The molecule has 2 aromatic heterocycles. The molecule has 1 aliphatic rings. The summed E-state index contributed by atoms with van der Waals surface area (Å²) in [7, 11) is 0. The molecule has 0 atom stereocenters. The lowest BCUT2D eigenvalue weighted by atomic mass is 9.81. The van der Waals surface area contributed by atoms with E-state index in [0.29, 0.717) is 5.82 Å². The van der Waals surface area contributed by atoms with Crippen LogP contribution in [0.3, 0.4) is 0 Å². The summed E-state index contributed by atoms with van der Waals surface area (Å²) in [5, 5.41) is 7.16. The number of fused-ring (bicyclic) bond motifs is 8. The van der Waals surface area contributed by atoms with Gasteiger partial charge in [-0.15, -0.1) is 0 Å². The van der Waals surface area contributed by atoms with E-state index >= 15 is 0 Å². The van der Waals surface area contributed by atoms with Gasteiger partial charge in [0.15, 0.2) is 5.82 Å². The van der Waals surface area contributed by atoms with Gasteiger partial charge in [0.2, 0.25) is 0 Å². The second kappa shape index (κ2) is 13.2. The molecule has 0 unspecified atom stereocenters. The van der Waals surface area contributed by atoms with E-state index in [1.165, 1.54) is 43.8 Å². The number of para-hydroxylation sites is 2. The minimum absolute atomic E-state index is 0.177. The summed E-state index contributed by atoms with van der Waals surface area (Å²) in [6.07, 6.45) is 0. The van der Waals surface area contributed by atoms with E-state index in [9.17, 15) is 0 Å². The van der Waals surface area contributed by atoms with Crippen LogP contribution in [0, 0.1) is 0 Å². The van der Waals surface area contributed by atoms with E-state index in [4.69, 9.17) is 14.4 Å². The standard InChI is InChI=1S/C57H38N2O/c1-57(2)50-33-41(25-26-46(50)49-31-38-17-8-9-18-39(38)32-51(49)57)52-34-53(59-56(58-52)36-14-4-3-5-15-36)44-29-42(40-24-23-35-13-6-7-16-37(35)27-40)28-43(30-44)45-20-12-21-48-47-19-10-11-22-54(47)60-55(45)48/h3-34H,1-2H3. The Balaban J connectivity index is 1.07. The summed E-state index contributed by atoms with van der Waals surface area (Å²) in [6.45, 7) is 4.69. The maximum absolute atomic E-state index is 6.61. The zero-order valence-corrected chi connectivity index (χ0v) is 33.3. The monoisotopic (exact) mass is 766 g/mol. The van der Waals surface area contributed by atoms with E-state index < -0.39 is 0 Å². The molecule has 3 nitrogen and oxygen atoms in total. The summed E-state index contributed by atoms with van der Waals surface area (Å²) < 4.78 is 6.61. The Morgan fingerprint density at radius 2 is 1.00 bits per heavy atom. The Morgan fingerprint density at radius 3 is 1.83 bits per heavy atom. The lowest BCUT2D eigenvalue weighted by molar-refractivity contribution is 0.661. The molecule has 3 heteroatoms. The van der Waals surface area contributed by atoms with Gasteiger partial charge in [0.1, 0.15) is 11.2 Å². The highest BCUT2D eigenvalue weighted by Crippen LogP contribution is 2.51. The van der Waals surface area contributed by atoms with E-state index in [-0.39, 0.29) is 5.41 Å². The Bertz CT molecular complexity index is 3520. The van der Waals surface area contributed by atoms with Gasteiger partial charge in [0.25, 0.3) is 0 Å². The molecular weight excluding hydrogens is 729 g/mol. The molecule has 0 radical (unpaired) electrons. The van der Waals surface area contributed by atoms with Gasteiger partial charge in [0, 0.05) is 38.4 Å². The lowest BCUT2D eigenvalue weighted by Crippen LogP contribution is -2.15. The summed E-state index contributed by atoms with van der Waals surface area (Å²) in [5.74, 6) is 0.689. The van der Waals surface area contributed by atoms with Crippen LogP contribution in [0.4, 0.5) is 0 Å². The van der Waals surface area contributed by atoms with Crippen molar-refractivity contribution in [2.45, 2.75) is 19.3 Å². The first-order chi connectivity index (χ1) is 29.4. The van der Waals surface area contributed by atoms with Gasteiger partial charge in [-0.05, 0) is 115 Å². The van der Waals surface area contributed by atoms with Crippen molar-refractivity contribution < 1.29 is 4.42 Å². The molecule has 0 saturated heterocycles. The van der Waals surface area contributed by atoms with Crippen LogP contribution in [0.1, 0.15) is 25.0 Å². The van der Waals surface area contributed by atoms with Gasteiger partial charge >= 0.3 is 0 Å². The molecule has 0 spiro atoms. The van der Waals surface area contributed by atoms with Crippen LogP contribution in [0.25, 0.3) is 111 Å². The van der Waals surface area contributed by atoms with E-state index in [1.807, 2.05) is 18.2 Å². The minimum Gasteiger partial charge on any atom is -0.455 e. The van der Waals surface area contributed by atoms with Gasteiger partial charge in [-0.2, -0.15) is 0 Å². The van der Waals surface area contributed by atoms with Crippen molar-refractivity contribution in [1.82, 2.24) is 9.97 Å². The Labute approximate surface area is 348 Å². The number of benzene rings is 9. The van der Waals surface area contributed by atoms with Crippen molar-refractivity contribution in [2.24, 2.45) is 0 Å². The van der Waals surface area contributed by atoms with E-state index in [1.54, 1.807) is 0 Å². The van der Waals surface area contributed by atoms with Crippen molar-refractivity contribution in [3.63, 3.8) is 0 Å². The molecule has 0 N–H and O–H groups in total. The number of nitrogens with zero attached hydrogens (tertiary/aromatic N) is 2. The summed E-state index contributed by atoms with van der Waals surface area (Å²) in [5.41, 5.74) is 16.0. The second-order valence-corrected chi connectivity index (χ2v) is 16.6. The van der Waals surface area contributed by atoms with Crippen LogP contribution in [0.5, 0.6) is 0 Å². The third kappa shape index (κ3) is 5.51. The average Bonchev–Trinajstić information content (AvgIpc) is 3.79. The zero-order valence-electron chi connectivity index (χ0n) is 33.3. The molecule has 12 rings (SSSR count). The topological polar surface area (TPSA) is 38.9 Å². The molecule has 0 amide bonds. The molecule has 11 aromatic rings. The van der Waals surface area contributed by atoms with Crippen LogP contribution >= 0.6 is 0 Å². The number of rotatable bonds is 5. The van der Waals surface area contributed by atoms with Crippen molar-refractivity contribution in [3.8, 4) is 67.3 Å². The molecule has 0 saturated carbocycles. The number of aromatic nitrogens is 2. The fourth-order valence-corrected chi connectivity index (χ4v) is 9.48. The molecular formula is C57H38N2O. The highest BCUT2D eigenvalue weighted by molar-refractivity contribution is 6.10. The van der Waals surface area contributed by atoms with Gasteiger partial charge < -0.3 is 4.42 Å². The molecule has 1 aliphatic carbocycles. The number of hydrogen-bond acceptors (Lipinski definition) is 3. The highest BCUT2D eigenvalue weighted by atomic mass is 16.3. The highest BCUT2D eigenvalue weighted by Gasteiger charge is 2.36. The lowest BCUT2D eigenvalue weighted by Gasteiger charge is -2.22. The van der Waals surface area contributed by atoms with Crippen LogP contribution in [-0.2, 0) is 5.41 Å². The quantitative estimate of drug-likeness (QED) is 0.175. The van der Waals surface area contributed by atoms with Crippen LogP contribution < -0.4 is 0 Å². The number of hydrogen-bond donors (Lipinski definition) is 0. The number of furan rings is 1. The maximum atomic E-state index is 6.61. The van der Waals surface area contributed by atoms with Gasteiger partial charge in [-0.25, -0.2) is 9.97 Å². The van der Waals surface area contributed by atoms with Crippen molar-refractivity contribution in [1.29, 1.82) is 0 Å². The normalized spacial score (nSPS) is 13.0. The zero-order chi connectivity index (χ0) is 40.0. The fraction of sp³-hybridized carbons (Fsp3) is 0.0526. The average molecular weight is 767 g/mol. The van der Waals surface area contributed by atoms with Crippen LogP contribution in [-0.4, -0.2) is 9.97 Å². The van der Waals surface area contributed by atoms with E-state index in [0.717, 1.165) is 72.3 Å². The van der Waals surface area contributed by atoms with E-state index in [2.05, 4.69) is 190 Å². The smallest absolute Gasteiger partial charge is 0.160 e. The minimum atomic E-state index is -0.177. The fourth-order valence-electron chi connectivity index (χ4n) is 9.48. The van der Waals surface area contributed by atoms with Crippen LogP contribution in [0.2, 0.25) is 0 Å². The summed E-state index contributed by atoms with van der Waals surface area (Å²) in [4.78, 5) is 10.6. The Morgan fingerprint density at radius 1 is 0.367 bits per heavy atom. The van der Waals surface area contributed by atoms with Gasteiger partial charge in [-0.3, -0.25) is 0 Å². The van der Waals surface area contributed by atoms with Gasteiger partial charge in [-0.1, -0.05) is 153 Å². The predicted molar refractivity (Wildman–Crippen MR) is 249 cm³/mol. The molecule has 9 aromatic carbocycles. The largest absolute Gasteiger partial charge is 0.455 e. The molecule has 0 bridgehead atoms. The predicted octanol–water partition coefficient (Wildman–Crippen LogP) is 15.3. The van der Waals surface area contributed by atoms with Crippen LogP contribution in [0.15, 0.2) is 199 Å². The first-order valence-electron chi connectivity index (χ1n) is 20.6. The first-order valence-corrected chi connectivity index (χ1v) is 20.6. The second-order valence-electron chi connectivity index (χ2n) is 16.6. The third-order valence-electron chi connectivity index (χ3n) is 12.6. The van der Waals surface area contributed by atoms with Crippen molar-refractivity contribution >= 4 is 43.5 Å². The Hall–Kier alpha value is -7.62. The summed E-state index contributed by atoms with van der Waals surface area (Å²) >= 11 is 0. The SMILES string of the molecule is CC1(C)c2cc(-c3cc(-c4cc(-c5ccc6ccccc6c5)cc(-c5cccc6c5oc5ccccc56)c4)nc(-c4ccccc4)n3)ccc2-c2cc3ccccc3cc21. The Kier molecular flexibility index (Phi) is 7.58. The summed E-state index contributed by atoms with van der Waals surface area (Å²) in [6, 6.07) is 69.6. The molecule has 2 heterocycles. The maximum Gasteiger partial charge on any atom is 0.160 e. The van der Waals surface area contributed by atoms with Crippen molar-refractivity contribution in [2.75, 3.05) is 0 Å². The third-order valence-corrected chi connectivity index (χ3v) is 12.6. The molecule has 0 aliphatic heterocycles.